The summed E-state index contributed by atoms with van der Waals surface area (Å²) >= 11 is 0. The van der Waals surface area contributed by atoms with Crippen molar-refractivity contribution in [3.8, 4) is 12.3 Å². The van der Waals surface area contributed by atoms with Crippen LogP contribution in [-0.4, -0.2) is 30.4 Å². The highest BCUT2D eigenvalue weighted by molar-refractivity contribution is 5.86. The number of fused-ring (bicyclic) bond motifs is 1. The average molecular weight is 256 g/mol. The number of para-hydroxylation sites is 1. The molecule has 1 N–H and O–H groups in total. The molecule has 1 aliphatic heterocycles. The van der Waals surface area contributed by atoms with Gasteiger partial charge in [-0.1, -0.05) is 31.0 Å². The first kappa shape index (κ1) is 13.5. The molecule has 1 amide bonds. The summed E-state index contributed by atoms with van der Waals surface area (Å²) in [7, 11) is 0. The topological polar surface area (TPSA) is 32.3 Å². The standard InChI is InChI=1S/C16H20N2O/c1-3-11-18(12-4-2)16(19)14-9-10-17-15-8-6-5-7-13(14)15/h1,5-8,14,17H,4,9-12H2,2H3. The minimum atomic E-state index is -0.0580. The summed E-state index contributed by atoms with van der Waals surface area (Å²) in [5.74, 6) is 2.69. The van der Waals surface area contributed by atoms with E-state index in [0.29, 0.717) is 6.54 Å². The first-order valence-corrected chi connectivity index (χ1v) is 6.83. The SMILES string of the molecule is C#CCN(CCC)C(=O)C1CCNc2ccccc21. The highest BCUT2D eigenvalue weighted by Crippen LogP contribution is 2.32. The van der Waals surface area contributed by atoms with E-state index in [0.717, 1.165) is 37.2 Å². The van der Waals surface area contributed by atoms with Crippen LogP contribution in [0.2, 0.25) is 0 Å². The van der Waals surface area contributed by atoms with Crippen LogP contribution in [0.1, 0.15) is 31.2 Å². The Hall–Kier alpha value is -1.95. The third kappa shape index (κ3) is 2.90. The first-order chi connectivity index (χ1) is 9.27. The van der Waals surface area contributed by atoms with Crippen molar-refractivity contribution in [2.24, 2.45) is 0 Å². The number of nitrogens with zero attached hydrogens (tertiary/aromatic N) is 1. The molecule has 2 rings (SSSR count). The van der Waals surface area contributed by atoms with E-state index in [-0.39, 0.29) is 11.8 Å². The molecule has 100 valence electrons. The van der Waals surface area contributed by atoms with Gasteiger partial charge in [0.1, 0.15) is 0 Å². The molecule has 0 saturated heterocycles. The number of amides is 1. The molecule has 1 aliphatic rings. The monoisotopic (exact) mass is 256 g/mol. The summed E-state index contributed by atoms with van der Waals surface area (Å²) < 4.78 is 0. The predicted molar refractivity (Wildman–Crippen MR) is 78.0 cm³/mol. The Morgan fingerprint density at radius 2 is 2.32 bits per heavy atom. The summed E-state index contributed by atoms with van der Waals surface area (Å²) in [6.45, 7) is 4.03. The number of rotatable bonds is 4. The zero-order valence-electron chi connectivity index (χ0n) is 11.4. The van der Waals surface area contributed by atoms with Crippen molar-refractivity contribution >= 4 is 11.6 Å². The van der Waals surface area contributed by atoms with Crippen LogP contribution in [0.3, 0.4) is 0 Å². The van der Waals surface area contributed by atoms with Gasteiger partial charge in [0.05, 0.1) is 12.5 Å². The molecule has 0 fully saturated rings. The van der Waals surface area contributed by atoms with E-state index in [1.807, 2.05) is 24.3 Å². The Morgan fingerprint density at radius 1 is 1.53 bits per heavy atom. The first-order valence-electron chi connectivity index (χ1n) is 6.83. The molecular formula is C16H20N2O. The Bertz CT molecular complexity index is 490. The third-order valence-electron chi connectivity index (χ3n) is 3.47. The quantitative estimate of drug-likeness (QED) is 0.839. The minimum Gasteiger partial charge on any atom is -0.385 e. The van der Waals surface area contributed by atoms with Crippen molar-refractivity contribution in [3.05, 3.63) is 29.8 Å². The highest BCUT2D eigenvalue weighted by Gasteiger charge is 2.29. The molecule has 0 bridgehead atoms. The second kappa shape index (κ2) is 6.29. The molecule has 1 aromatic rings. The lowest BCUT2D eigenvalue weighted by atomic mass is 9.89. The summed E-state index contributed by atoms with van der Waals surface area (Å²) in [4.78, 5) is 14.4. The van der Waals surface area contributed by atoms with Gasteiger partial charge in [0.2, 0.25) is 5.91 Å². The van der Waals surface area contributed by atoms with Gasteiger partial charge < -0.3 is 10.2 Å². The van der Waals surface area contributed by atoms with Crippen molar-refractivity contribution in [2.45, 2.75) is 25.7 Å². The number of terminal acetylenes is 1. The van der Waals surface area contributed by atoms with Crippen LogP contribution < -0.4 is 5.32 Å². The van der Waals surface area contributed by atoms with E-state index in [9.17, 15) is 4.79 Å². The Morgan fingerprint density at radius 3 is 3.05 bits per heavy atom. The van der Waals surface area contributed by atoms with Crippen molar-refractivity contribution in [1.29, 1.82) is 0 Å². The molecule has 0 aliphatic carbocycles. The normalized spacial score (nSPS) is 16.9. The summed E-state index contributed by atoms with van der Waals surface area (Å²) in [6, 6.07) is 8.03. The number of carbonyl (C=O) groups is 1. The van der Waals surface area contributed by atoms with Crippen molar-refractivity contribution in [1.82, 2.24) is 4.90 Å². The van der Waals surface area contributed by atoms with E-state index in [1.165, 1.54) is 0 Å². The number of hydrogen-bond acceptors (Lipinski definition) is 2. The molecule has 0 radical (unpaired) electrons. The maximum absolute atomic E-state index is 12.6. The lowest BCUT2D eigenvalue weighted by Gasteiger charge is -2.30. The van der Waals surface area contributed by atoms with Crippen LogP contribution in [0, 0.1) is 12.3 Å². The molecule has 0 saturated carbocycles. The van der Waals surface area contributed by atoms with E-state index in [1.54, 1.807) is 4.90 Å². The fraction of sp³-hybridized carbons (Fsp3) is 0.438. The molecule has 0 spiro atoms. The number of hydrogen-bond donors (Lipinski definition) is 1. The Labute approximate surface area is 115 Å². The van der Waals surface area contributed by atoms with Gasteiger partial charge in [-0.15, -0.1) is 6.42 Å². The van der Waals surface area contributed by atoms with Crippen molar-refractivity contribution in [3.63, 3.8) is 0 Å². The van der Waals surface area contributed by atoms with E-state index < -0.39 is 0 Å². The van der Waals surface area contributed by atoms with E-state index >= 15 is 0 Å². The van der Waals surface area contributed by atoms with Crippen LogP contribution in [0.25, 0.3) is 0 Å². The fourth-order valence-electron chi connectivity index (χ4n) is 2.59. The van der Waals surface area contributed by atoms with Gasteiger partial charge in [0.15, 0.2) is 0 Å². The maximum atomic E-state index is 12.6. The van der Waals surface area contributed by atoms with Crippen LogP contribution in [0.5, 0.6) is 0 Å². The van der Waals surface area contributed by atoms with Gasteiger partial charge in [-0.3, -0.25) is 4.79 Å². The molecular weight excluding hydrogens is 236 g/mol. The summed E-state index contributed by atoms with van der Waals surface area (Å²) in [5, 5.41) is 3.34. The molecule has 1 heterocycles. The number of carbonyl (C=O) groups excluding carboxylic acids is 1. The number of anilines is 1. The van der Waals surface area contributed by atoms with Gasteiger partial charge in [-0.05, 0) is 24.5 Å². The molecule has 1 atom stereocenters. The number of benzene rings is 1. The second-order valence-corrected chi connectivity index (χ2v) is 4.82. The fourth-order valence-corrected chi connectivity index (χ4v) is 2.59. The zero-order valence-corrected chi connectivity index (χ0v) is 11.4. The zero-order chi connectivity index (χ0) is 13.7. The summed E-state index contributed by atoms with van der Waals surface area (Å²) in [5.41, 5.74) is 2.17. The van der Waals surface area contributed by atoms with Crippen LogP contribution >= 0.6 is 0 Å². The van der Waals surface area contributed by atoms with Gasteiger partial charge in [0.25, 0.3) is 0 Å². The smallest absolute Gasteiger partial charge is 0.231 e. The largest absolute Gasteiger partial charge is 0.385 e. The van der Waals surface area contributed by atoms with Crippen LogP contribution in [0.4, 0.5) is 5.69 Å². The maximum Gasteiger partial charge on any atom is 0.231 e. The lowest BCUT2D eigenvalue weighted by molar-refractivity contribution is -0.132. The highest BCUT2D eigenvalue weighted by atomic mass is 16.2. The lowest BCUT2D eigenvalue weighted by Crippen LogP contribution is -2.38. The van der Waals surface area contributed by atoms with Gasteiger partial charge >= 0.3 is 0 Å². The molecule has 3 heteroatoms. The van der Waals surface area contributed by atoms with E-state index in [4.69, 9.17) is 6.42 Å². The van der Waals surface area contributed by atoms with Gasteiger partial charge in [-0.25, -0.2) is 0 Å². The predicted octanol–water partition coefficient (Wildman–Crippen LogP) is 2.46. The molecule has 19 heavy (non-hydrogen) atoms. The molecule has 3 nitrogen and oxygen atoms in total. The van der Waals surface area contributed by atoms with Crippen LogP contribution in [-0.2, 0) is 4.79 Å². The van der Waals surface area contributed by atoms with Gasteiger partial charge in [0, 0.05) is 18.8 Å². The number of nitrogens with one attached hydrogen (secondary N) is 1. The molecule has 1 unspecified atom stereocenters. The molecule has 1 aromatic carbocycles. The molecule has 0 aromatic heterocycles. The van der Waals surface area contributed by atoms with Crippen molar-refractivity contribution < 1.29 is 4.79 Å². The average Bonchev–Trinajstić information content (AvgIpc) is 2.46. The Kier molecular flexibility index (Phi) is 4.46. The van der Waals surface area contributed by atoms with Gasteiger partial charge in [-0.2, -0.15) is 0 Å². The second-order valence-electron chi connectivity index (χ2n) is 4.82. The van der Waals surface area contributed by atoms with Crippen molar-refractivity contribution in [2.75, 3.05) is 25.0 Å². The van der Waals surface area contributed by atoms with E-state index in [2.05, 4.69) is 18.2 Å². The third-order valence-corrected chi connectivity index (χ3v) is 3.47. The summed E-state index contributed by atoms with van der Waals surface area (Å²) in [6.07, 6.45) is 7.13. The minimum absolute atomic E-state index is 0.0580. The van der Waals surface area contributed by atoms with Crippen LogP contribution in [0.15, 0.2) is 24.3 Å². The Balaban J connectivity index is 2.22.